The van der Waals surface area contributed by atoms with Gasteiger partial charge < -0.3 is 20.7 Å². The molecule has 1 amide bonds. The number of amides is 1. The number of carbonyl (C=O) groups is 1. The molecule has 4 N–H and O–H groups in total. The minimum atomic E-state index is -3.04. The zero-order valence-corrected chi connectivity index (χ0v) is 18.7. The second-order valence-corrected chi connectivity index (χ2v) is 11.2. The number of benzene rings is 1. The van der Waals surface area contributed by atoms with Crippen molar-refractivity contribution in [1.29, 1.82) is 0 Å². The van der Waals surface area contributed by atoms with Crippen LogP contribution in [0.25, 0.3) is 0 Å². The summed E-state index contributed by atoms with van der Waals surface area (Å²) in [5.41, 5.74) is 6.80. The predicted molar refractivity (Wildman–Crippen MR) is 117 cm³/mol. The van der Waals surface area contributed by atoms with Crippen LogP contribution < -0.4 is 11.1 Å². The highest BCUT2D eigenvalue weighted by atomic mass is 31.2. The average Bonchev–Trinajstić information content (AvgIpc) is 2.71. The summed E-state index contributed by atoms with van der Waals surface area (Å²) in [6.07, 6.45) is 5.30. The van der Waals surface area contributed by atoms with Crippen molar-refractivity contribution in [3.8, 4) is 0 Å². The second kappa shape index (κ2) is 11.8. The van der Waals surface area contributed by atoms with Gasteiger partial charge in [0.15, 0.2) is 0 Å². The highest BCUT2D eigenvalue weighted by molar-refractivity contribution is 7.59. The molecule has 0 bridgehead atoms. The number of carbonyl (C=O) groups excluding carboxylic acids is 1. The molecule has 0 heterocycles. The number of aliphatic hydroxyl groups excluding tert-OH is 1. The van der Waals surface area contributed by atoms with Crippen molar-refractivity contribution >= 4 is 13.3 Å². The molecule has 1 aromatic carbocycles. The van der Waals surface area contributed by atoms with Crippen molar-refractivity contribution in [3.63, 3.8) is 0 Å². The van der Waals surface area contributed by atoms with Crippen LogP contribution in [0.15, 0.2) is 30.3 Å². The first kappa shape index (κ1) is 24.1. The summed E-state index contributed by atoms with van der Waals surface area (Å²) in [5.74, 6) is 0.0895. The Balaban J connectivity index is 1.95. The van der Waals surface area contributed by atoms with Gasteiger partial charge in [0.25, 0.3) is 0 Å². The van der Waals surface area contributed by atoms with E-state index in [1.165, 1.54) is 6.42 Å². The Kier molecular flexibility index (Phi) is 9.84. The molecule has 1 unspecified atom stereocenters. The van der Waals surface area contributed by atoms with E-state index in [9.17, 15) is 14.5 Å². The van der Waals surface area contributed by atoms with Gasteiger partial charge in [0, 0.05) is 12.7 Å². The van der Waals surface area contributed by atoms with E-state index in [1.54, 1.807) is 0 Å². The third-order valence-corrected chi connectivity index (χ3v) is 8.24. The molecule has 3 atom stereocenters. The van der Waals surface area contributed by atoms with Crippen LogP contribution >= 0.6 is 7.37 Å². The zero-order valence-electron chi connectivity index (χ0n) is 17.8. The summed E-state index contributed by atoms with van der Waals surface area (Å²) in [5, 5.41) is 13.1. The molecule has 7 heteroatoms. The van der Waals surface area contributed by atoms with E-state index >= 15 is 0 Å². The topological polar surface area (TPSA) is 102 Å². The number of hydrogen-bond acceptors (Lipinski definition) is 5. The standard InChI is InChI=1S/C22H37N2O4P/c1-17(2)21(23)22(26)24-13-20(25)16-29(27,15-19-11-7-4-8-12-19)28-14-18-9-5-3-6-10-18/h3,5-6,9-10,17,19-21,25H,4,7-8,11-16,23H2,1-2H3,(H,24,26)/t20-,21+,29?/m1/s1. The molecule has 2 rings (SSSR count). The van der Waals surface area contributed by atoms with Gasteiger partial charge in [-0.3, -0.25) is 9.36 Å². The number of nitrogens with two attached hydrogens (primary N) is 1. The lowest BCUT2D eigenvalue weighted by Crippen LogP contribution is -2.46. The predicted octanol–water partition coefficient (Wildman–Crippen LogP) is 3.52. The average molecular weight is 425 g/mol. The molecule has 1 saturated carbocycles. The van der Waals surface area contributed by atoms with Gasteiger partial charge in [-0.25, -0.2) is 0 Å². The molecule has 1 aromatic rings. The number of nitrogens with one attached hydrogen (secondary N) is 1. The summed E-state index contributed by atoms with van der Waals surface area (Å²) < 4.78 is 19.6. The first-order valence-electron chi connectivity index (χ1n) is 10.8. The summed E-state index contributed by atoms with van der Waals surface area (Å²) in [6.45, 7) is 4.04. The van der Waals surface area contributed by atoms with Gasteiger partial charge in [-0.1, -0.05) is 63.4 Å². The lowest BCUT2D eigenvalue weighted by molar-refractivity contribution is -0.123. The van der Waals surface area contributed by atoms with Crippen LogP contribution in [0.2, 0.25) is 0 Å². The Morgan fingerprint density at radius 3 is 2.52 bits per heavy atom. The summed E-state index contributed by atoms with van der Waals surface area (Å²) in [7, 11) is -3.04. The fourth-order valence-electron chi connectivity index (χ4n) is 3.73. The van der Waals surface area contributed by atoms with Crippen LogP contribution in [-0.2, 0) is 20.5 Å². The smallest absolute Gasteiger partial charge is 0.237 e. The maximum absolute atomic E-state index is 13.6. The van der Waals surface area contributed by atoms with Crippen molar-refractivity contribution < 1.29 is 19.0 Å². The molecule has 6 nitrogen and oxygen atoms in total. The molecule has 1 fully saturated rings. The van der Waals surface area contributed by atoms with Crippen molar-refractivity contribution in [3.05, 3.63) is 35.9 Å². The molecule has 1 aliphatic rings. The Morgan fingerprint density at radius 1 is 1.24 bits per heavy atom. The van der Waals surface area contributed by atoms with E-state index < -0.39 is 19.5 Å². The molecule has 0 aromatic heterocycles. The van der Waals surface area contributed by atoms with E-state index in [-0.39, 0.29) is 31.1 Å². The fourth-order valence-corrected chi connectivity index (χ4v) is 6.40. The van der Waals surface area contributed by atoms with Crippen LogP contribution in [0.5, 0.6) is 0 Å². The van der Waals surface area contributed by atoms with Crippen LogP contribution in [-0.4, -0.2) is 42.0 Å². The van der Waals surface area contributed by atoms with E-state index in [0.29, 0.717) is 12.1 Å². The Hall–Kier alpha value is -1.20. The third kappa shape index (κ3) is 8.59. The lowest BCUT2D eigenvalue weighted by atomic mass is 9.91. The van der Waals surface area contributed by atoms with Gasteiger partial charge in [-0.05, 0) is 30.2 Å². The van der Waals surface area contributed by atoms with Gasteiger partial charge in [-0.2, -0.15) is 0 Å². The fraction of sp³-hybridized carbons (Fsp3) is 0.682. The summed E-state index contributed by atoms with van der Waals surface area (Å²) in [4.78, 5) is 12.0. The maximum atomic E-state index is 13.6. The van der Waals surface area contributed by atoms with Crippen LogP contribution in [0.3, 0.4) is 0 Å². The molecule has 164 valence electrons. The van der Waals surface area contributed by atoms with Crippen LogP contribution in [0, 0.1) is 11.8 Å². The zero-order chi connectivity index (χ0) is 21.3. The Bertz CT molecular complexity index is 662. The van der Waals surface area contributed by atoms with Crippen molar-refractivity contribution in [2.24, 2.45) is 17.6 Å². The highest BCUT2D eigenvalue weighted by Crippen LogP contribution is 2.51. The second-order valence-electron chi connectivity index (χ2n) is 8.61. The van der Waals surface area contributed by atoms with Crippen molar-refractivity contribution in [2.45, 2.75) is 64.7 Å². The molecule has 0 spiro atoms. The molecule has 0 aliphatic heterocycles. The number of hydrogen-bond donors (Lipinski definition) is 3. The van der Waals surface area contributed by atoms with Crippen LogP contribution in [0.4, 0.5) is 0 Å². The summed E-state index contributed by atoms with van der Waals surface area (Å²) >= 11 is 0. The summed E-state index contributed by atoms with van der Waals surface area (Å²) in [6, 6.07) is 9.04. The molecular formula is C22H37N2O4P. The van der Waals surface area contributed by atoms with Crippen molar-refractivity contribution in [2.75, 3.05) is 18.9 Å². The van der Waals surface area contributed by atoms with E-state index in [2.05, 4.69) is 5.32 Å². The maximum Gasteiger partial charge on any atom is 0.237 e. The van der Waals surface area contributed by atoms with Gasteiger partial charge >= 0.3 is 0 Å². The van der Waals surface area contributed by atoms with Gasteiger partial charge in [0.1, 0.15) is 0 Å². The molecule has 29 heavy (non-hydrogen) atoms. The van der Waals surface area contributed by atoms with E-state index in [0.717, 1.165) is 31.2 Å². The Morgan fingerprint density at radius 2 is 1.90 bits per heavy atom. The largest absolute Gasteiger partial charge is 0.391 e. The molecule has 0 radical (unpaired) electrons. The van der Waals surface area contributed by atoms with Gasteiger partial charge in [0.05, 0.1) is 24.9 Å². The highest BCUT2D eigenvalue weighted by Gasteiger charge is 2.32. The minimum Gasteiger partial charge on any atom is -0.391 e. The number of rotatable bonds is 11. The molecule has 0 saturated heterocycles. The first-order valence-corrected chi connectivity index (χ1v) is 12.8. The van der Waals surface area contributed by atoms with Gasteiger partial charge in [-0.15, -0.1) is 0 Å². The molecule has 1 aliphatic carbocycles. The van der Waals surface area contributed by atoms with E-state index in [4.69, 9.17) is 10.3 Å². The third-order valence-electron chi connectivity index (χ3n) is 5.59. The molecular weight excluding hydrogens is 387 g/mol. The quantitative estimate of drug-likeness (QED) is 0.472. The number of aliphatic hydroxyl groups is 1. The normalized spacial score (nSPS) is 19.5. The lowest BCUT2D eigenvalue weighted by Gasteiger charge is -2.28. The monoisotopic (exact) mass is 424 g/mol. The minimum absolute atomic E-state index is 0.0127. The van der Waals surface area contributed by atoms with Gasteiger partial charge in [0.2, 0.25) is 13.3 Å². The SMILES string of the molecule is CC(C)[C@H](N)C(=O)NC[C@@H](O)CP(=O)(CC1CCCCC1)OCc1ccccc1. The van der Waals surface area contributed by atoms with Crippen LogP contribution in [0.1, 0.15) is 51.5 Å². The van der Waals surface area contributed by atoms with E-state index in [1.807, 2.05) is 44.2 Å². The Labute approximate surface area is 175 Å². The first-order chi connectivity index (χ1) is 13.8. The van der Waals surface area contributed by atoms with Crippen molar-refractivity contribution in [1.82, 2.24) is 5.32 Å².